The van der Waals surface area contributed by atoms with Gasteiger partial charge in [-0.25, -0.2) is 0 Å². The monoisotopic (exact) mass is 634 g/mol. The van der Waals surface area contributed by atoms with Crippen LogP contribution in [0.25, 0.3) is 16.8 Å². The first-order chi connectivity index (χ1) is 23.0. The van der Waals surface area contributed by atoms with Crippen molar-refractivity contribution in [1.82, 2.24) is 10.3 Å². The van der Waals surface area contributed by atoms with Crippen LogP contribution in [0.3, 0.4) is 0 Å². The van der Waals surface area contributed by atoms with Crippen molar-refractivity contribution in [3.8, 4) is 0 Å². The number of aromatic nitrogens is 1. The zero-order valence-electron chi connectivity index (χ0n) is 25.2. The predicted octanol–water partition coefficient (Wildman–Crippen LogP) is 8.12. The fraction of sp³-hybridized carbons (Fsp3) is 0.0256. The van der Waals surface area contributed by atoms with Crippen LogP contribution in [0.2, 0.25) is 0 Å². The molecule has 0 saturated carbocycles. The molecule has 1 unspecified atom stereocenters. The fourth-order valence-corrected chi connectivity index (χ4v) is 6.07. The summed E-state index contributed by atoms with van der Waals surface area (Å²) in [6, 6.07) is 42.8. The van der Waals surface area contributed by atoms with Gasteiger partial charge in [0.05, 0.1) is 0 Å². The van der Waals surface area contributed by atoms with Gasteiger partial charge in [-0.15, -0.1) is 11.8 Å². The number of nitrogens with one attached hydrogen (secondary N) is 3. The molecule has 230 valence electrons. The molecule has 0 radical (unpaired) electrons. The lowest BCUT2D eigenvalue weighted by molar-refractivity contribution is -0.116. The van der Waals surface area contributed by atoms with Gasteiger partial charge in [0.25, 0.3) is 11.8 Å². The number of pyridine rings is 1. The minimum Gasteiger partial charge on any atom is -0.324 e. The van der Waals surface area contributed by atoms with Crippen molar-refractivity contribution in [3.05, 3.63) is 174 Å². The second-order valence-electron chi connectivity index (χ2n) is 10.6. The third-order valence-corrected chi connectivity index (χ3v) is 8.51. The van der Waals surface area contributed by atoms with Gasteiger partial charge in [-0.1, -0.05) is 97.1 Å². The lowest BCUT2D eigenvalue weighted by Gasteiger charge is -2.18. The fourth-order valence-electron chi connectivity index (χ4n) is 4.99. The number of thioether (sulfide) groups is 1. The third-order valence-electron chi connectivity index (χ3n) is 7.26. The molecule has 0 saturated heterocycles. The molecule has 47 heavy (non-hydrogen) atoms. The Kier molecular flexibility index (Phi) is 9.81. The van der Waals surface area contributed by atoms with Crippen LogP contribution in [-0.2, 0) is 9.59 Å². The summed E-state index contributed by atoms with van der Waals surface area (Å²) in [5, 5.41) is 10.2. The van der Waals surface area contributed by atoms with Crippen LogP contribution in [0, 0.1) is 0 Å². The maximum Gasteiger partial charge on any atom is 0.272 e. The number of carbonyl (C=O) groups is 3. The van der Waals surface area contributed by atoms with Crippen molar-refractivity contribution >= 4 is 57.7 Å². The molecule has 3 N–H and O–H groups in total. The van der Waals surface area contributed by atoms with Crippen molar-refractivity contribution in [1.29, 1.82) is 0 Å². The van der Waals surface area contributed by atoms with Crippen LogP contribution in [0.1, 0.15) is 26.7 Å². The number of benzene rings is 5. The van der Waals surface area contributed by atoms with E-state index in [0.29, 0.717) is 16.8 Å². The highest BCUT2D eigenvalue weighted by Crippen LogP contribution is 2.38. The van der Waals surface area contributed by atoms with E-state index in [9.17, 15) is 14.4 Å². The maximum absolute atomic E-state index is 13.9. The summed E-state index contributed by atoms with van der Waals surface area (Å²) in [4.78, 5) is 45.3. The number of rotatable bonds is 10. The van der Waals surface area contributed by atoms with Crippen LogP contribution >= 0.6 is 11.8 Å². The van der Waals surface area contributed by atoms with Crippen LogP contribution in [0.5, 0.6) is 0 Å². The van der Waals surface area contributed by atoms with Gasteiger partial charge < -0.3 is 16.0 Å². The van der Waals surface area contributed by atoms with Crippen LogP contribution in [0.4, 0.5) is 11.4 Å². The first-order valence-corrected chi connectivity index (χ1v) is 15.8. The Bertz CT molecular complexity index is 2050. The van der Waals surface area contributed by atoms with Crippen molar-refractivity contribution < 1.29 is 14.4 Å². The Labute approximate surface area is 276 Å². The number of fused-ring (bicyclic) bond motifs is 1. The molecule has 0 aliphatic rings. The van der Waals surface area contributed by atoms with E-state index < -0.39 is 17.1 Å². The zero-order valence-corrected chi connectivity index (χ0v) is 26.0. The van der Waals surface area contributed by atoms with Crippen LogP contribution < -0.4 is 16.0 Å². The maximum atomic E-state index is 13.9. The number of nitrogens with zero attached hydrogens (tertiary/aromatic N) is 1. The minimum atomic E-state index is -0.577. The smallest absolute Gasteiger partial charge is 0.272 e. The molecule has 5 aromatic carbocycles. The van der Waals surface area contributed by atoms with Crippen molar-refractivity contribution in [2.75, 3.05) is 10.6 Å². The SMILES string of the molecule is O=C(Nc1cccc(SC(C(=O)Nc2cccc3ccccc23)c2ccccc2)c1)/C(=C/c1cccnc1)NC(=O)c1ccccc1. The molecule has 6 aromatic rings. The highest BCUT2D eigenvalue weighted by atomic mass is 32.2. The average Bonchev–Trinajstić information content (AvgIpc) is 3.12. The summed E-state index contributed by atoms with van der Waals surface area (Å²) in [5.74, 6) is -1.09. The molecule has 8 heteroatoms. The van der Waals surface area contributed by atoms with E-state index in [1.165, 1.54) is 11.8 Å². The average molecular weight is 635 g/mol. The van der Waals surface area contributed by atoms with Crippen molar-refractivity contribution in [2.24, 2.45) is 0 Å². The highest BCUT2D eigenvalue weighted by molar-refractivity contribution is 8.00. The molecule has 0 bridgehead atoms. The topological polar surface area (TPSA) is 100 Å². The lowest BCUT2D eigenvalue weighted by atomic mass is 10.1. The van der Waals surface area contributed by atoms with Gasteiger partial charge in [-0.3, -0.25) is 19.4 Å². The normalized spacial score (nSPS) is 11.8. The molecule has 0 aliphatic heterocycles. The molecule has 1 atom stereocenters. The van der Waals surface area contributed by atoms with E-state index in [1.807, 2.05) is 97.1 Å². The number of hydrogen-bond acceptors (Lipinski definition) is 5. The van der Waals surface area contributed by atoms with E-state index in [-0.39, 0.29) is 11.6 Å². The number of amides is 3. The van der Waals surface area contributed by atoms with Gasteiger partial charge in [-0.05, 0) is 65.1 Å². The van der Waals surface area contributed by atoms with Crippen LogP contribution in [-0.4, -0.2) is 22.7 Å². The van der Waals surface area contributed by atoms with Crippen molar-refractivity contribution in [2.45, 2.75) is 10.1 Å². The molecule has 3 amide bonds. The molecule has 1 heterocycles. The summed E-state index contributed by atoms with van der Waals surface area (Å²) in [5.41, 5.74) is 3.22. The predicted molar refractivity (Wildman–Crippen MR) is 189 cm³/mol. The molecule has 7 nitrogen and oxygen atoms in total. The summed E-state index contributed by atoms with van der Waals surface area (Å²) in [6.07, 6.45) is 4.81. The van der Waals surface area contributed by atoms with Gasteiger partial charge >= 0.3 is 0 Å². The number of hydrogen-bond donors (Lipinski definition) is 3. The van der Waals surface area contributed by atoms with Gasteiger partial charge in [0, 0.05) is 39.6 Å². The Morgan fingerprint density at radius 3 is 2.21 bits per heavy atom. The second kappa shape index (κ2) is 14.9. The summed E-state index contributed by atoms with van der Waals surface area (Å²) in [6.45, 7) is 0. The van der Waals surface area contributed by atoms with E-state index in [1.54, 1.807) is 60.9 Å². The van der Waals surface area contributed by atoms with E-state index >= 15 is 0 Å². The Morgan fingerprint density at radius 1 is 0.702 bits per heavy atom. The zero-order chi connectivity index (χ0) is 32.4. The third kappa shape index (κ3) is 8.00. The summed E-state index contributed by atoms with van der Waals surface area (Å²) >= 11 is 1.38. The highest BCUT2D eigenvalue weighted by Gasteiger charge is 2.23. The molecule has 0 fully saturated rings. The lowest BCUT2D eigenvalue weighted by Crippen LogP contribution is -2.30. The van der Waals surface area contributed by atoms with Crippen molar-refractivity contribution in [3.63, 3.8) is 0 Å². The summed E-state index contributed by atoms with van der Waals surface area (Å²) in [7, 11) is 0. The largest absolute Gasteiger partial charge is 0.324 e. The molecule has 1 aromatic heterocycles. The van der Waals surface area contributed by atoms with Gasteiger partial charge in [0.15, 0.2) is 0 Å². The first-order valence-electron chi connectivity index (χ1n) is 14.9. The quantitative estimate of drug-likeness (QED) is 0.104. The van der Waals surface area contributed by atoms with Gasteiger partial charge in [-0.2, -0.15) is 0 Å². The van der Waals surface area contributed by atoms with Crippen LogP contribution in [0.15, 0.2) is 163 Å². The Hall–Kier alpha value is -5.99. The minimum absolute atomic E-state index is 0.0570. The second-order valence-corrected chi connectivity index (χ2v) is 11.7. The van der Waals surface area contributed by atoms with Gasteiger partial charge in [0.2, 0.25) is 5.91 Å². The molecule has 0 aliphatic carbocycles. The first kappa shape index (κ1) is 31.0. The molecular formula is C39H30N4O3S. The number of anilines is 2. The summed E-state index contributed by atoms with van der Waals surface area (Å²) < 4.78 is 0. The standard InChI is InChI=1S/C39H30N4O3S/c44-37(30-16-5-2-6-17-30)43-35(24-27-12-11-23-40-26-27)38(45)41-31-19-10-20-32(25-31)47-36(29-14-3-1-4-15-29)39(46)42-34-22-9-18-28-13-7-8-21-33(28)34/h1-26,36H,(H,41,45)(H,42,46)(H,43,44)/b35-24-. The Morgan fingerprint density at radius 2 is 1.43 bits per heavy atom. The number of carbonyl (C=O) groups excluding carboxylic acids is 3. The Balaban J connectivity index is 1.23. The molecular weight excluding hydrogens is 605 g/mol. The van der Waals surface area contributed by atoms with E-state index in [2.05, 4.69) is 20.9 Å². The van der Waals surface area contributed by atoms with Gasteiger partial charge in [0.1, 0.15) is 10.9 Å². The molecule has 0 spiro atoms. The molecule has 6 rings (SSSR count). The van der Waals surface area contributed by atoms with E-state index in [0.717, 1.165) is 26.9 Å². The van der Waals surface area contributed by atoms with E-state index in [4.69, 9.17) is 0 Å².